The minimum atomic E-state index is 0.531. The van der Waals surface area contributed by atoms with E-state index in [9.17, 15) is 0 Å². The Morgan fingerprint density at radius 1 is 1.33 bits per heavy atom. The molecule has 4 heteroatoms. The average Bonchev–Trinajstić information content (AvgIpc) is 2.82. The van der Waals surface area contributed by atoms with Crippen molar-refractivity contribution < 1.29 is 0 Å². The first kappa shape index (κ1) is 9.19. The molecule has 3 rings (SSSR count). The summed E-state index contributed by atoms with van der Waals surface area (Å²) >= 11 is 0. The number of rotatable bonds is 1. The molecule has 4 nitrogen and oxygen atoms in total. The van der Waals surface area contributed by atoms with E-state index in [1.165, 1.54) is 25.1 Å². The Morgan fingerprint density at radius 3 is 3.07 bits per heavy atom. The highest BCUT2D eigenvalue weighted by atomic mass is 15.1. The Bertz CT molecular complexity index is 321. The summed E-state index contributed by atoms with van der Waals surface area (Å²) in [5.74, 6) is 3.01. The Hall–Kier alpha value is -1.06. The van der Waals surface area contributed by atoms with Crippen molar-refractivity contribution in [3.63, 3.8) is 0 Å². The smallest absolute Gasteiger partial charge is 0.0996 e. The molecule has 82 valence electrons. The highest BCUT2D eigenvalue weighted by Crippen LogP contribution is 2.30. The molecule has 0 aromatic heterocycles. The van der Waals surface area contributed by atoms with Crippen molar-refractivity contribution in [2.75, 3.05) is 13.1 Å². The number of nitrogens with one attached hydrogen (secondary N) is 2. The number of aliphatic imine (C=N–C) groups is 2. The second-order valence-electron chi connectivity index (χ2n) is 4.74. The molecule has 2 aliphatic heterocycles. The fourth-order valence-electron chi connectivity index (χ4n) is 2.96. The van der Waals surface area contributed by atoms with Crippen molar-refractivity contribution in [2.24, 2.45) is 15.9 Å². The maximum Gasteiger partial charge on any atom is 0.0996 e. The van der Waals surface area contributed by atoms with Gasteiger partial charge in [-0.25, -0.2) is 0 Å². The lowest BCUT2D eigenvalue weighted by Crippen LogP contribution is -2.43. The maximum atomic E-state index is 4.62. The molecule has 2 heterocycles. The van der Waals surface area contributed by atoms with Gasteiger partial charge in [-0.15, -0.1) is 0 Å². The van der Waals surface area contributed by atoms with E-state index in [0.29, 0.717) is 18.0 Å². The third kappa shape index (κ3) is 1.62. The lowest BCUT2D eigenvalue weighted by molar-refractivity contribution is 0.340. The first-order valence-corrected chi connectivity index (χ1v) is 5.92. The molecular formula is C11H18N4. The lowest BCUT2D eigenvalue weighted by Gasteiger charge is -2.30. The van der Waals surface area contributed by atoms with Gasteiger partial charge in [-0.2, -0.15) is 0 Å². The molecule has 3 aliphatic rings. The number of hydrogen-bond acceptors (Lipinski definition) is 4. The zero-order chi connectivity index (χ0) is 10.3. The minimum Gasteiger partial charge on any atom is -0.372 e. The van der Waals surface area contributed by atoms with E-state index < -0.39 is 0 Å². The van der Waals surface area contributed by atoms with Crippen LogP contribution in [0.5, 0.6) is 0 Å². The minimum absolute atomic E-state index is 0.531. The van der Waals surface area contributed by atoms with Crippen LogP contribution in [0.25, 0.3) is 0 Å². The van der Waals surface area contributed by atoms with E-state index in [2.05, 4.69) is 27.5 Å². The van der Waals surface area contributed by atoms with Crippen LogP contribution in [-0.2, 0) is 0 Å². The first-order chi connectivity index (χ1) is 7.33. The summed E-state index contributed by atoms with van der Waals surface area (Å²) in [4.78, 5) is 9.15. The van der Waals surface area contributed by atoms with Gasteiger partial charge in [0, 0.05) is 12.5 Å². The third-order valence-corrected chi connectivity index (χ3v) is 3.65. The van der Waals surface area contributed by atoms with Crippen LogP contribution in [0.2, 0.25) is 0 Å². The van der Waals surface area contributed by atoms with E-state index in [4.69, 9.17) is 0 Å². The SMILES string of the molecule is CC1=NC2CCC(C3=NCCN3)CC2N1. The second kappa shape index (κ2) is 3.51. The molecule has 0 spiro atoms. The highest BCUT2D eigenvalue weighted by molar-refractivity contribution is 5.86. The molecule has 2 N–H and O–H groups in total. The Labute approximate surface area is 90.3 Å². The van der Waals surface area contributed by atoms with Crippen LogP contribution in [0.3, 0.4) is 0 Å². The highest BCUT2D eigenvalue weighted by Gasteiger charge is 2.36. The van der Waals surface area contributed by atoms with Gasteiger partial charge in [0.25, 0.3) is 0 Å². The average molecular weight is 206 g/mol. The summed E-state index contributed by atoms with van der Waals surface area (Å²) < 4.78 is 0. The van der Waals surface area contributed by atoms with Gasteiger partial charge < -0.3 is 10.6 Å². The topological polar surface area (TPSA) is 48.8 Å². The molecule has 3 unspecified atom stereocenters. The van der Waals surface area contributed by atoms with Crippen molar-refractivity contribution in [1.82, 2.24) is 10.6 Å². The summed E-state index contributed by atoms with van der Waals surface area (Å²) in [6.45, 7) is 4.06. The Kier molecular flexibility index (Phi) is 2.15. The molecule has 3 atom stereocenters. The fourth-order valence-corrected chi connectivity index (χ4v) is 2.96. The zero-order valence-electron chi connectivity index (χ0n) is 9.16. The Morgan fingerprint density at radius 2 is 2.27 bits per heavy atom. The number of nitrogens with zero attached hydrogens (tertiary/aromatic N) is 2. The predicted octanol–water partition coefficient (Wildman–Crippen LogP) is 0.547. The molecular weight excluding hydrogens is 188 g/mol. The van der Waals surface area contributed by atoms with E-state index >= 15 is 0 Å². The number of fused-ring (bicyclic) bond motifs is 1. The Balaban J connectivity index is 1.67. The lowest BCUT2D eigenvalue weighted by atomic mass is 9.82. The van der Waals surface area contributed by atoms with Gasteiger partial charge in [0.1, 0.15) is 0 Å². The van der Waals surface area contributed by atoms with Gasteiger partial charge >= 0.3 is 0 Å². The second-order valence-corrected chi connectivity index (χ2v) is 4.74. The molecule has 0 saturated heterocycles. The number of amidine groups is 2. The fraction of sp³-hybridized carbons (Fsp3) is 0.818. The molecule has 0 amide bonds. The molecule has 1 fully saturated rings. The van der Waals surface area contributed by atoms with Crippen LogP contribution in [0, 0.1) is 5.92 Å². The van der Waals surface area contributed by atoms with Gasteiger partial charge in [0.2, 0.25) is 0 Å². The van der Waals surface area contributed by atoms with Crippen molar-refractivity contribution in [1.29, 1.82) is 0 Å². The largest absolute Gasteiger partial charge is 0.372 e. The van der Waals surface area contributed by atoms with Crippen LogP contribution in [0.1, 0.15) is 26.2 Å². The van der Waals surface area contributed by atoms with Gasteiger partial charge in [-0.05, 0) is 26.2 Å². The van der Waals surface area contributed by atoms with E-state index in [1.54, 1.807) is 0 Å². The van der Waals surface area contributed by atoms with Crippen LogP contribution < -0.4 is 10.6 Å². The molecule has 1 aliphatic carbocycles. The van der Waals surface area contributed by atoms with Gasteiger partial charge in [-0.1, -0.05) is 0 Å². The summed E-state index contributed by atoms with van der Waals surface area (Å²) in [5.41, 5.74) is 0. The molecule has 0 bridgehead atoms. The third-order valence-electron chi connectivity index (χ3n) is 3.65. The number of hydrogen-bond donors (Lipinski definition) is 2. The first-order valence-electron chi connectivity index (χ1n) is 5.92. The molecule has 0 radical (unpaired) electrons. The summed E-state index contributed by atoms with van der Waals surface area (Å²) in [6, 6.07) is 1.09. The van der Waals surface area contributed by atoms with Gasteiger partial charge in [-0.3, -0.25) is 9.98 Å². The monoisotopic (exact) mass is 206 g/mol. The van der Waals surface area contributed by atoms with E-state index in [-0.39, 0.29) is 0 Å². The van der Waals surface area contributed by atoms with Crippen LogP contribution in [-0.4, -0.2) is 36.8 Å². The zero-order valence-corrected chi connectivity index (χ0v) is 9.16. The van der Waals surface area contributed by atoms with Crippen molar-refractivity contribution >= 4 is 11.7 Å². The van der Waals surface area contributed by atoms with Crippen LogP contribution in [0.15, 0.2) is 9.98 Å². The van der Waals surface area contributed by atoms with Gasteiger partial charge in [0.15, 0.2) is 0 Å². The molecule has 0 aromatic carbocycles. The van der Waals surface area contributed by atoms with Crippen LogP contribution >= 0.6 is 0 Å². The standard InChI is InChI=1S/C11H18N4/c1-7-14-9-3-2-8(6-10(9)15-7)11-12-4-5-13-11/h8-10H,2-6H2,1H3,(H,12,13)(H,14,15). The maximum absolute atomic E-state index is 4.62. The molecule has 1 saturated carbocycles. The van der Waals surface area contributed by atoms with E-state index in [0.717, 1.165) is 18.9 Å². The normalized spacial score (nSPS) is 38.9. The van der Waals surface area contributed by atoms with E-state index in [1.807, 2.05) is 0 Å². The van der Waals surface area contributed by atoms with Crippen molar-refractivity contribution in [3.05, 3.63) is 0 Å². The molecule has 15 heavy (non-hydrogen) atoms. The molecule has 0 aromatic rings. The quantitative estimate of drug-likeness (QED) is 0.658. The van der Waals surface area contributed by atoms with Crippen molar-refractivity contribution in [3.8, 4) is 0 Å². The summed E-state index contributed by atoms with van der Waals surface area (Å²) in [5, 5.41) is 6.88. The van der Waals surface area contributed by atoms with Crippen LogP contribution in [0.4, 0.5) is 0 Å². The van der Waals surface area contributed by atoms with Crippen molar-refractivity contribution in [2.45, 2.75) is 38.3 Å². The summed E-state index contributed by atoms with van der Waals surface area (Å²) in [6.07, 6.45) is 3.64. The summed E-state index contributed by atoms with van der Waals surface area (Å²) in [7, 11) is 0. The predicted molar refractivity (Wildman–Crippen MR) is 61.5 cm³/mol. The van der Waals surface area contributed by atoms with Gasteiger partial charge in [0.05, 0.1) is 30.3 Å².